The van der Waals surface area contributed by atoms with Crippen LogP contribution in [-0.4, -0.2) is 12.1 Å². The van der Waals surface area contributed by atoms with Gasteiger partial charge in [0.25, 0.3) is 0 Å². The Morgan fingerprint density at radius 3 is 2.06 bits per heavy atom. The van der Waals surface area contributed by atoms with Crippen LogP contribution in [0.5, 0.6) is 0 Å². The molecule has 2 nitrogen and oxygen atoms in total. The molecule has 96 valence electrons. The molecule has 0 N–H and O–H groups in total. The number of hydrogen-bond acceptors (Lipinski definition) is 2. The standard InChI is InChI=1S/C14H28O2/c1-6-11(5)12(7-2)10-13(8-3)16-14(15)9-4/h11-13H,6-10H2,1-5H3. The molecule has 0 radical (unpaired) electrons. The van der Waals surface area contributed by atoms with Gasteiger partial charge in [-0.15, -0.1) is 0 Å². The van der Waals surface area contributed by atoms with Crippen LogP contribution in [-0.2, 0) is 9.53 Å². The molecule has 3 atom stereocenters. The molecule has 0 heterocycles. The van der Waals surface area contributed by atoms with Crippen molar-refractivity contribution in [1.82, 2.24) is 0 Å². The van der Waals surface area contributed by atoms with E-state index in [1.54, 1.807) is 0 Å². The monoisotopic (exact) mass is 228 g/mol. The molecular weight excluding hydrogens is 200 g/mol. The van der Waals surface area contributed by atoms with Crippen molar-refractivity contribution in [3.05, 3.63) is 0 Å². The molecule has 0 aromatic carbocycles. The van der Waals surface area contributed by atoms with Gasteiger partial charge >= 0.3 is 5.97 Å². The zero-order valence-corrected chi connectivity index (χ0v) is 11.6. The number of hydrogen-bond donors (Lipinski definition) is 0. The number of ether oxygens (including phenoxy) is 1. The Kier molecular flexibility index (Phi) is 8.32. The number of carbonyl (C=O) groups excluding carboxylic acids is 1. The predicted molar refractivity (Wildman–Crippen MR) is 68.3 cm³/mol. The molecule has 0 saturated carbocycles. The Morgan fingerprint density at radius 1 is 1.06 bits per heavy atom. The van der Waals surface area contributed by atoms with Crippen LogP contribution in [0, 0.1) is 11.8 Å². The number of esters is 1. The van der Waals surface area contributed by atoms with E-state index < -0.39 is 0 Å². The van der Waals surface area contributed by atoms with Crippen molar-refractivity contribution < 1.29 is 9.53 Å². The second-order valence-electron chi connectivity index (χ2n) is 4.66. The second-order valence-corrected chi connectivity index (χ2v) is 4.66. The van der Waals surface area contributed by atoms with Crippen LogP contribution >= 0.6 is 0 Å². The van der Waals surface area contributed by atoms with Gasteiger partial charge in [0.05, 0.1) is 0 Å². The quantitative estimate of drug-likeness (QED) is 0.582. The lowest BCUT2D eigenvalue weighted by molar-refractivity contribution is -0.149. The molecule has 0 aromatic rings. The minimum absolute atomic E-state index is 0.0640. The molecule has 0 spiro atoms. The van der Waals surface area contributed by atoms with Crippen LogP contribution in [0.3, 0.4) is 0 Å². The summed E-state index contributed by atoms with van der Waals surface area (Å²) in [7, 11) is 0. The van der Waals surface area contributed by atoms with E-state index in [2.05, 4.69) is 27.7 Å². The van der Waals surface area contributed by atoms with Crippen LogP contribution in [0.2, 0.25) is 0 Å². The summed E-state index contributed by atoms with van der Waals surface area (Å²) in [5.41, 5.74) is 0. The first kappa shape index (κ1) is 15.5. The summed E-state index contributed by atoms with van der Waals surface area (Å²) in [5, 5.41) is 0. The Hall–Kier alpha value is -0.530. The molecule has 16 heavy (non-hydrogen) atoms. The van der Waals surface area contributed by atoms with Crippen LogP contribution < -0.4 is 0 Å². The molecular formula is C14H28O2. The van der Waals surface area contributed by atoms with Crippen molar-refractivity contribution in [2.75, 3.05) is 0 Å². The zero-order chi connectivity index (χ0) is 12.6. The summed E-state index contributed by atoms with van der Waals surface area (Å²) in [6, 6.07) is 0. The first-order chi connectivity index (χ1) is 7.58. The summed E-state index contributed by atoms with van der Waals surface area (Å²) in [6.07, 6.45) is 4.93. The van der Waals surface area contributed by atoms with Crippen LogP contribution in [0.4, 0.5) is 0 Å². The zero-order valence-electron chi connectivity index (χ0n) is 11.6. The minimum Gasteiger partial charge on any atom is -0.462 e. The smallest absolute Gasteiger partial charge is 0.305 e. The van der Waals surface area contributed by atoms with Crippen molar-refractivity contribution in [3.8, 4) is 0 Å². The molecule has 0 fully saturated rings. The van der Waals surface area contributed by atoms with E-state index in [1.165, 1.54) is 12.8 Å². The van der Waals surface area contributed by atoms with Gasteiger partial charge in [-0.2, -0.15) is 0 Å². The van der Waals surface area contributed by atoms with Gasteiger partial charge in [0, 0.05) is 6.42 Å². The second kappa shape index (κ2) is 8.60. The van der Waals surface area contributed by atoms with Gasteiger partial charge < -0.3 is 4.74 Å². The van der Waals surface area contributed by atoms with Crippen molar-refractivity contribution in [1.29, 1.82) is 0 Å². The number of carbonyl (C=O) groups is 1. The molecule has 0 amide bonds. The maximum absolute atomic E-state index is 11.3. The van der Waals surface area contributed by atoms with Gasteiger partial charge in [-0.3, -0.25) is 4.79 Å². The third-order valence-electron chi connectivity index (χ3n) is 3.58. The number of rotatable bonds is 8. The summed E-state index contributed by atoms with van der Waals surface area (Å²) >= 11 is 0. The molecule has 0 aromatic heterocycles. The average molecular weight is 228 g/mol. The fourth-order valence-electron chi connectivity index (χ4n) is 2.04. The van der Waals surface area contributed by atoms with Crippen molar-refractivity contribution >= 4 is 5.97 Å². The van der Waals surface area contributed by atoms with E-state index in [1.807, 2.05) is 6.92 Å². The molecule has 0 bridgehead atoms. The highest BCUT2D eigenvalue weighted by atomic mass is 16.5. The fourth-order valence-corrected chi connectivity index (χ4v) is 2.04. The normalized spacial score (nSPS) is 16.6. The molecule has 2 heteroatoms. The van der Waals surface area contributed by atoms with Gasteiger partial charge in [0.1, 0.15) is 6.10 Å². The summed E-state index contributed by atoms with van der Waals surface area (Å²) in [4.78, 5) is 11.3. The average Bonchev–Trinajstić information content (AvgIpc) is 2.32. The summed E-state index contributed by atoms with van der Waals surface area (Å²) in [6.45, 7) is 10.7. The topological polar surface area (TPSA) is 26.3 Å². The molecule has 0 saturated heterocycles. The first-order valence-electron chi connectivity index (χ1n) is 6.78. The highest BCUT2D eigenvalue weighted by Gasteiger charge is 2.20. The Bertz CT molecular complexity index is 189. The molecule has 0 aliphatic carbocycles. The lowest BCUT2D eigenvalue weighted by atomic mass is 9.84. The highest BCUT2D eigenvalue weighted by molar-refractivity contribution is 5.69. The molecule has 0 aliphatic heterocycles. The van der Waals surface area contributed by atoms with Crippen molar-refractivity contribution in [2.24, 2.45) is 11.8 Å². The maximum Gasteiger partial charge on any atom is 0.305 e. The third-order valence-corrected chi connectivity index (χ3v) is 3.58. The van der Waals surface area contributed by atoms with Gasteiger partial charge in [0.15, 0.2) is 0 Å². The fraction of sp³-hybridized carbons (Fsp3) is 0.929. The van der Waals surface area contributed by atoms with Gasteiger partial charge in [-0.25, -0.2) is 0 Å². The van der Waals surface area contributed by atoms with E-state index in [0.717, 1.165) is 18.8 Å². The Balaban J connectivity index is 4.21. The van der Waals surface area contributed by atoms with E-state index in [4.69, 9.17) is 4.74 Å². The van der Waals surface area contributed by atoms with Gasteiger partial charge in [-0.05, 0) is 24.7 Å². The van der Waals surface area contributed by atoms with Crippen molar-refractivity contribution in [3.63, 3.8) is 0 Å². The van der Waals surface area contributed by atoms with E-state index in [-0.39, 0.29) is 12.1 Å². The van der Waals surface area contributed by atoms with Crippen LogP contribution in [0.1, 0.15) is 66.7 Å². The largest absolute Gasteiger partial charge is 0.462 e. The molecule has 0 aliphatic rings. The lowest BCUT2D eigenvalue weighted by Crippen LogP contribution is -2.23. The summed E-state index contributed by atoms with van der Waals surface area (Å²) in [5.74, 6) is 1.34. The SMILES string of the molecule is CCC(=O)OC(CC)CC(CC)C(C)CC. The van der Waals surface area contributed by atoms with Gasteiger partial charge in [-0.1, -0.05) is 47.5 Å². The molecule has 3 unspecified atom stereocenters. The minimum atomic E-state index is -0.0640. The first-order valence-corrected chi connectivity index (χ1v) is 6.78. The van der Waals surface area contributed by atoms with E-state index in [9.17, 15) is 4.79 Å². The third kappa shape index (κ3) is 5.53. The molecule has 0 rings (SSSR count). The summed E-state index contributed by atoms with van der Waals surface area (Å²) < 4.78 is 5.44. The van der Waals surface area contributed by atoms with Crippen LogP contribution in [0.25, 0.3) is 0 Å². The maximum atomic E-state index is 11.3. The predicted octanol–water partition coefficient (Wildman–Crippen LogP) is 4.18. The highest BCUT2D eigenvalue weighted by Crippen LogP contribution is 2.25. The van der Waals surface area contributed by atoms with Crippen molar-refractivity contribution in [2.45, 2.75) is 72.8 Å². The van der Waals surface area contributed by atoms with E-state index >= 15 is 0 Å². The lowest BCUT2D eigenvalue weighted by Gasteiger charge is -2.26. The Labute approximate surface area is 101 Å². The van der Waals surface area contributed by atoms with Gasteiger partial charge in [0.2, 0.25) is 0 Å². The van der Waals surface area contributed by atoms with E-state index in [0.29, 0.717) is 12.3 Å². The van der Waals surface area contributed by atoms with Crippen LogP contribution in [0.15, 0.2) is 0 Å². The Morgan fingerprint density at radius 2 is 1.69 bits per heavy atom.